The van der Waals surface area contributed by atoms with Crippen molar-refractivity contribution in [1.29, 1.82) is 0 Å². The zero-order valence-electron chi connectivity index (χ0n) is 17.4. The number of nitrogens with one attached hydrogen (secondary N) is 2. The number of aromatic nitrogens is 1. The molecule has 1 amide bonds. The molecule has 5 nitrogen and oxygen atoms in total. The van der Waals surface area contributed by atoms with Crippen molar-refractivity contribution in [2.24, 2.45) is 0 Å². The molecule has 0 aliphatic rings. The first kappa shape index (κ1) is 20.0. The molecule has 2 N–H and O–H groups in total. The van der Waals surface area contributed by atoms with Crippen LogP contribution >= 0.6 is 0 Å². The van der Waals surface area contributed by atoms with Crippen LogP contribution in [0.1, 0.15) is 24.0 Å². The molecular weight excluding hydrogens is 348 g/mol. The average molecular weight is 379 g/mol. The lowest BCUT2D eigenvalue weighted by Crippen LogP contribution is -2.43. The molecule has 0 unspecified atom stereocenters. The smallest absolute Gasteiger partial charge is 0.238 e. The highest BCUT2D eigenvalue weighted by molar-refractivity contribution is 5.84. The number of para-hydroxylation sites is 1. The minimum absolute atomic E-state index is 0.0839. The third-order valence-electron chi connectivity index (χ3n) is 5.25. The number of anilines is 1. The van der Waals surface area contributed by atoms with Crippen LogP contribution in [0.4, 0.5) is 5.69 Å². The fourth-order valence-electron chi connectivity index (χ4n) is 3.56. The van der Waals surface area contributed by atoms with Gasteiger partial charge in [-0.05, 0) is 36.2 Å². The molecule has 3 aromatic rings. The van der Waals surface area contributed by atoms with Crippen LogP contribution in [0.2, 0.25) is 0 Å². The van der Waals surface area contributed by atoms with E-state index < -0.39 is 0 Å². The number of likely N-dealkylation sites (N-methyl/N-ethyl adjacent to an activating group) is 1. The zero-order chi connectivity index (χ0) is 20.3. The number of amides is 1. The summed E-state index contributed by atoms with van der Waals surface area (Å²) in [4.78, 5) is 19.4. The molecule has 0 saturated carbocycles. The molecule has 0 aliphatic heterocycles. The molecule has 0 spiro atoms. The van der Waals surface area contributed by atoms with E-state index in [-0.39, 0.29) is 17.9 Å². The molecule has 5 heteroatoms. The Morgan fingerprint density at radius 2 is 1.71 bits per heavy atom. The van der Waals surface area contributed by atoms with Crippen molar-refractivity contribution in [2.45, 2.75) is 18.9 Å². The van der Waals surface area contributed by atoms with Gasteiger partial charge in [0.15, 0.2) is 0 Å². The van der Waals surface area contributed by atoms with Crippen molar-refractivity contribution < 1.29 is 4.79 Å². The van der Waals surface area contributed by atoms with E-state index in [9.17, 15) is 4.79 Å². The van der Waals surface area contributed by atoms with E-state index >= 15 is 0 Å². The minimum Gasteiger partial charge on any atom is -0.378 e. The number of nitrogens with zero attached hydrogens (tertiary/aromatic N) is 2. The van der Waals surface area contributed by atoms with E-state index in [2.05, 4.69) is 63.9 Å². The third-order valence-corrected chi connectivity index (χ3v) is 5.25. The van der Waals surface area contributed by atoms with Crippen LogP contribution in [0.3, 0.4) is 0 Å². The molecule has 0 radical (unpaired) electrons. The minimum atomic E-state index is -0.233. The van der Waals surface area contributed by atoms with Crippen LogP contribution < -0.4 is 10.2 Å². The zero-order valence-corrected chi connectivity index (χ0v) is 17.4. The van der Waals surface area contributed by atoms with Gasteiger partial charge in [-0.2, -0.15) is 0 Å². The van der Waals surface area contributed by atoms with Gasteiger partial charge in [-0.3, -0.25) is 4.79 Å². The van der Waals surface area contributed by atoms with Gasteiger partial charge in [-0.1, -0.05) is 30.3 Å². The lowest BCUT2D eigenvalue weighted by atomic mass is 9.90. The summed E-state index contributed by atoms with van der Waals surface area (Å²) in [5, 5.41) is 4.66. The monoisotopic (exact) mass is 378 g/mol. The number of H-pyrrole nitrogens is 1. The summed E-state index contributed by atoms with van der Waals surface area (Å²) in [6.45, 7) is 2.60. The van der Waals surface area contributed by atoms with Crippen molar-refractivity contribution >= 4 is 22.5 Å². The average Bonchev–Trinajstić information content (AvgIpc) is 3.11. The third kappa shape index (κ3) is 4.20. The van der Waals surface area contributed by atoms with Crippen LogP contribution in [0.25, 0.3) is 10.9 Å². The Hall–Kier alpha value is -2.79. The SMILES string of the molecule is C[C@H](NC[C@H](c1ccc(N(C)C)cc1)c1c[nH]c2ccccc12)C(=O)N(C)C. The first-order valence-corrected chi connectivity index (χ1v) is 9.66. The van der Waals surface area contributed by atoms with Gasteiger partial charge in [0, 0.05) is 63.4 Å². The van der Waals surface area contributed by atoms with E-state index in [1.807, 2.05) is 27.1 Å². The van der Waals surface area contributed by atoms with Crippen molar-refractivity contribution in [3.8, 4) is 0 Å². The molecule has 2 atom stereocenters. The molecule has 0 saturated heterocycles. The number of aromatic amines is 1. The van der Waals surface area contributed by atoms with Crippen molar-refractivity contribution in [3.05, 3.63) is 65.9 Å². The van der Waals surface area contributed by atoms with Crippen LogP contribution in [0.15, 0.2) is 54.7 Å². The number of hydrogen-bond donors (Lipinski definition) is 2. The Morgan fingerprint density at radius 3 is 2.36 bits per heavy atom. The van der Waals surface area contributed by atoms with Gasteiger partial charge in [-0.15, -0.1) is 0 Å². The van der Waals surface area contributed by atoms with Gasteiger partial charge in [0.25, 0.3) is 0 Å². The van der Waals surface area contributed by atoms with Crippen molar-refractivity contribution in [2.75, 3.05) is 39.6 Å². The lowest BCUT2D eigenvalue weighted by molar-refractivity contribution is -0.130. The van der Waals surface area contributed by atoms with E-state index in [1.165, 1.54) is 22.2 Å². The van der Waals surface area contributed by atoms with E-state index in [0.29, 0.717) is 6.54 Å². The highest BCUT2D eigenvalue weighted by Crippen LogP contribution is 2.31. The van der Waals surface area contributed by atoms with Crippen LogP contribution in [-0.2, 0) is 4.79 Å². The molecule has 1 heterocycles. The first-order valence-electron chi connectivity index (χ1n) is 9.66. The van der Waals surface area contributed by atoms with Gasteiger partial charge >= 0.3 is 0 Å². The van der Waals surface area contributed by atoms with Gasteiger partial charge < -0.3 is 20.1 Å². The van der Waals surface area contributed by atoms with E-state index in [1.54, 1.807) is 19.0 Å². The standard InChI is InChI=1S/C23H30N4O/c1-16(23(28)27(4)5)24-14-20(17-10-12-18(13-11-17)26(2)3)21-15-25-22-9-7-6-8-19(21)22/h6-13,15-16,20,24-25H,14H2,1-5H3/t16-,20+/m0/s1. The second kappa shape index (κ2) is 8.48. The van der Waals surface area contributed by atoms with Crippen LogP contribution in [-0.4, -0.2) is 56.6 Å². The number of carbonyl (C=O) groups excluding carboxylic acids is 1. The molecule has 2 aromatic carbocycles. The largest absolute Gasteiger partial charge is 0.378 e. The highest BCUT2D eigenvalue weighted by Gasteiger charge is 2.21. The van der Waals surface area contributed by atoms with Crippen molar-refractivity contribution in [1.82, 2.24) is 15.2 Å². The van der Waals surface area contributed by atoms with E-state index in [0.717, 1.165) is 5.52 Å². The summed E-state index contributed by atoms with van der Waals surface area (Å²) in [7, 11) is 7.67. The Morgan fingerprint density at radius 1 is 1.04 bits per heavy atom. The quantitative estimate of drug-likeness (QED) is 0.662. The number of fused-ring (bicyclic) bond motifs is 1. The Bertz CT molecular complexity index is 927. The summed E-state index contributed by atoms with van der Waals surface area (Å²) >= 11 is 0. The Balaban J connectivity index is 1.93. The highest BCUT2D eigenvalue weighted by atomic mass is 16.2. The molecule has 3 rings (SSSR count). The van der Waals surface area contributed by atoms with Gasteiger partial charge in [0.05, 0.1) is 6.04 Å². The van der Waals surface area contributed by atoms with Gasteiger partial charge in [0.1, 0.15) is 0 Å². The summed E-state index contributed by atoms with van der Waals surface area (Å²) in [6, 6.07) is 16.8. The Kier molecular flexibility index (Phi) is 6.05. The molecule has 148 valence electrons. The van der Waals surface area contributed by atoms with Gasteiger partial charge in [-0.25, -0.2) is 0 Å². The fourth-order valence-corrected chi connectivity index (χ4v) is 3.56. The summed E-state index contributed by atoms with van der Waals surface area (Å²) < 4.78 is 0. The molecule has 0 aliphatic carbocycles. The number of benzene rings is 2. The predicted molar refractivity (Wildman–Crippen MR) is 117 cm³/mol. The number of rotatable bonds is 7. The van der Waals surface area contributed by atoms with Crippen LogP contribution in [0.5, 0.6) is 0 Å². The number of hydrogen-bond acceptors (Lipinski definition) is 3. The molecular formula is C23H30N4O. The molecule has 0 bridgehead atoms. The molecule has 28 heavy (non-hydrogen) atoms. The van der Waals surface area contributed by atoms with Gasteiger partial charge in [0.2, 0.25) is 5.91 Å². The topological polar surface area (TPSA) is 51.4 Å². The maximum absolute atomic E-state index is 12.3. The second-order valence-corrected chi connectivity index (χ2v) is 7.69. The maximum Gasteiger partial charge on any atom is 0.238 e. The normalized spacial score (nSPS) is 13.3. The second-order valence-electron chi connectivity index (χ2n) is 7.69. The fraction of sp³-hybridized carbons (Fsp3) is 0.348. The Labute approximate surface area is 167 Å². The maximum atomic E-state index is 12.3. The van der Waals surface area contributed by atoms with E-state index in [4.69, 9.17) is 0 Å². The predicted octanol–water partition coefficient (Wildman–Crippen LogP) is 3.43. The summed E-state index contributed by atoms with van der Waals surface area (Å²) in [5.41, 5.74) is 4.77. The van der Waals surface area contributed by atoms with Crippen molar-refractivity contribution in [3.63, 3.8) is 0 Å². The molecule has 0 fully saturated rings. The summed E-state index contributed by atoms with van der Waals surface area (Å²) in [6.07, 6.45) is 2.09. The van der Waals surface area contributed by atoms with Crippen LogP contribution in [0, 0.1) is 0 Å². The molecule has 1 aromatic heterocycles. The number of carbonyl (C=O) groups is 1. The lowest BCUT2D eigenvalue weighted by Gasteiger charge is -2.23. The first-order chi connectivity index (χ1) is 13.4. The summed E-state index contributed by atoms with van der Waals surface area (Å²) in [5.74, 6) is 0.227.